The lowest BCUT2D eigenvalue weighted by Gasteiger charge is -2.32. The SMILES string of the molecule is C=CCC(NCl)C1CCC(C(=O)Nc2cccc3cnccc23)CC1. The Morgan fingerprint density at radius 2 is 2.12 bits per heavy atom. The topological polar surface area (TPSA) is 54.0 Å². The maximum Gasteiger partial charge on any atom is 0.227 e. The second-order valence-corrected chi connectivity index (χ2v) is 6.96. The maximum atomic E-state index is 12.7. The van der Waals surface area contributed by atoms with E-state index < -0.39 is 0 Å². The molecule has 1 aliphatic carbocycles. The number of fused-ring (bicyclic) bond motifs is 1. The molecule has 0 saturated heterocycles. The molecule has 0 radical (unpaired) electrons. The first kappa shape index (κ1) is 17.9. The summed E-state index contributed by atoms with van der Waals surface area (Å²) in [5.74, 6) is 0.679. The highest BCUT2D eigenvalue weighted by atomic mass is 35.5. The van der Waals surface area contributed by atoms with E-state index in [1.54, 1.807) is 6.20 Å². The molecule has 1 aromatic carbocycles. The first-order valence-corrected chi connectivity index (χ1v) is 9.21. The molecule has 2 aromatic rings. The van der Waals surface area contributed by atoms with E-state index in [0.29, 0.717) is 5.92 Å². The van der Waals surface area contributed by atoms with Gasteiger partial charge in [0.25, 0.3) is 0 Å². The monoisotopic (exact) mass is 357 g/mol. The zero-order valence-electron chi connectivity index (χ0n) is 14.2. The highest BCUT2D eigenvalue weighted by molar-refractivity contribution is 6.13. The Kier molecular flexibility index (Phi) is 6.05. The van der Waals surface area contributed by atoms with E-state index >= 15 is 0 Å². The normalized spacial score (nSPS) is 21.6. The van der Waals surface area contributed by atoms with Crippen LogP contribution in [0.2, 0.25) is 0 Å². The van der Waals surface area contributed by atoms with Crippen LogP contribution in [0.4, 0.5) is 5.69 Å². The first-order chi connectivity index (χ1) is 12.2. The van der Waals surface area contributed by atoms with Crippen molar-refractivity contribution in [1.82, 2.24) is 9.82 Å². The Labute approximate surface area is 153 Å². The van der Waals surface area contributed by atoms with Gasteiger partial charge in [-0.3, -0.25) is 9.78 Å². The van der Waals surface area contributed by atoms with Crippen LogP contribution < -0.4 is 10.2 Å². The molecule has 1 atom stereocenters. The molecule has 132 valence electrons. The third-order valence-corrected chi connectivity index (χ3v) is 5.49. The summed E-state index contributed by atoms with van der Waals surface area (Å²) in [6, 6.07) is 8.08. The molecule has 0 aliphatic heterocycles. The van der Waals surface area contributed by atoms with Crippen LogP contribution >= 0.6 is 11.8 Å². The maximum absolute atomic E-state index is 12.7. The van der Waals surface area contributed by atoms with Gasteiger partial charge in [-0.25, -0.2) is 4.84 Å². The Balaban J connectivity index is 1.62. The number of carbonyl (C=O) groups excluding carboxylic acids is 1. The lowest BCUT2D eigenvalue weighted by Crippen LogP contribution is -2.35. The van der Waals surface area contributed by atoms with Gasteiger partial charge >= 0.3 is 0 Å². The quantitative estimate of drug-likeness (QED) is 0.583. The third-order valence-electron chi connectivity index (χ3n) is 5.21. The molecular weight excluding hydrogens is 334 g/mol. The second-order valence-electron chi connectivity index (χ2n) is 6.74. The van der Waals surface area contributed by atoms with Crippen LogP contribution in [0.25, 0.3) is 10.8 Å². The Morgan fingerprint density at radius 1 is 1.32 bits per heavy atom. The lowest BCUT2D eigenvalue weighted by atomic mass is 9.77. The number of pyridine rings is 1. The Morgan fingerprint density at radius 3 is 2.84 bits per heavy atom. The molecule has 2 N–H and O–H groups in total. The van der Waals surface area contributed by atoms with Crippen molar-refractivity contribution in [2.24, 2.45) is 11.8 Å². The number of benzene rings is 1. The Hall–Kier alpha value is -1.91. The molecular formula is C20H24ClN3O. The largest absolute Gasteiger partial charge is 0.325 e. The number of anilines is 1. The van der Waals surface area contributed by atoms with E-state index in [1.165, 1.54) is 0 Å². The van der Waals surface area contributed by atoms with E-state index in [2.05, 4.69) is 21.7 Å². The average Bonchev–Trinajstić information content (AvgIpc) is 2.66. The van der Waals surface area contributed by atoms with Crippen LogP contribution in [0, 0.1) is 11.8 Å². The van der Waals surface area contributed by atoms with Gasteiger partial charge in [0.1, 0.15) is 0 Å². The molecule has 4 nitrogen and oxygen atoms in total. The number of nitrogens with one attached hydrogen (secondary N) is 2. The molecule has 1 unspecified atom stereocenters. The zero-order valence-corrected chi connectivity index (χ0v) is 15.0. The zero-order chi connectivity index (χ0) is 17.6. The number of carbonyl (C=O) groups is 1. The van der Waals surface area contributed by atoms with Gasteiger partial charge in [0, 0.05) is 40.8 Å². The first-order valence-electron chi connectivity index (χ1n) is 8.83. The van der Waals surface area contributed by atoms with E-state index in [4.69, 9.17) is 11.8 Å². The molecule has 1 aliphatic rings. The minimum Gasteiger partial charge on any atom is -0.325 e. The predicted octanol–water partition coefficient (Wildman–Crippen LogP) is 4.67. The molecule has 3 rings (SSSR count). The standard InChI is InChI=1S/C20H24ClN3O/c1-2-4-18(24-21)14-7-9-15(10-8-14)20(25)23-19-6-3-5-16-13-22-12-11-17(16)19/h2-3,5-6,11-15,18,24H,1,4,7-10H2,(H,23,25). The number of aromatic nitrogens is 1. The number of hydrogen-bond acceptors (Lipinski definition) is 3. The van der Waals surface area contributed by atoms with E-state index in [1.807, 2.05) is 36.5 Å². The molecule has 0 bridgehead atoms. The van der Waals surface area contributed by atoms with Crippen molar-refractivity contribution in [2.75, 3.05) is 5.32 Å². The summed E-state index contributed by atoms with van der Waals surface area (Å²) in [7, 11) is 0. The minimum atomic E-state index is 0.0630. The van der Waals surface area contributed by atoms with Gasteiger partial charge in [-0.2, -0.15) is 0 Å². The van der Waals surface area contributed by atoms with Crippen molar-refractivity contribution in [3.05, 3.63) is 49.3 Å². The van der Waals surface area contributed by atoms with Gasteiger partial charge in [-0.15, -0.1) is 6.58 Å². The van der Waals surface area contributed by atoms with Gasteiger partial charge in [0.15, 0.2) is 0 Å². The van der Waals surface area contributed by atoms with Crippen LogP contribution in [0.1, 0.15) is 32.1 Å². The summed E-state index contributed by atoms with van der Waals surface area (Å²) in [6.45, 7) is 3.79. The second kappa shape index (κ2) is 8.45. The summed E-state index contributed by atoms with van der Waals surface area (Å²) in [5.41, 5.74) is 0.860. The van der Waals surface area contributed by atoms with E-state index in [-0.39, 0.29) is 17.9 Å². The van der Waals surface area contributed by atoms with Crippen LogP contribution in [0.5, 0.6) is 0 Å². The van der Waals surface area contributed by atoms with Crippen molar-refractivity contribution in [1.29, 1.82) is 0 Å². The highest BCUT2D eigenvalue weighted by Gasteiger charge is 2.30. The number of halogens is 1. The fraction of sp³-hybridized carbons (Fsp3) is 0.400. The molecule has 25 heavy (non-hydrogen) atoms. The van der Waals surface area contributed by atoms with Gasteiger partial charge in [-0.05, 0) is 61.9 Å². The van der Waals surface area contributed by atoms with Crippen molar-refractivity contribution in [2.45, 2.75) is 38.1 Å². The fourth-order valence-electron chi connectivity index (χ4n) is 3.76. The van der Waals surface area contributed by atoms with Gasteiger partial charge in [0.05, 0.1) is 0 Å². The van der Waals surface area contributed by atoms with Crippen LogP contribution in [-0.4, -0.2) is 16.9 Å². The summed E-state index contributed by atoms with van der Waals surface area (Å²) >= 11 is 5.86. The number of hydrogen-bond donors (Lipinski definition) is 2. The van der Waals surface area contributed by atoms with Gasteiger partial charge in [-0.1, -0.05) is 18.2 Å². The Bertz CT molecular complexity index is 735. The fourth-order valence-corrected chi connectivity index (χ4v) is 4.02. The molecule has 0 spiro atoms. The summed E-state index contributed by atoms with van der Waals surface area (Å²) in [6.07, 6.45) is 10.1. The van der Waals surface area contributed by atoms with Crippen molar-refractivity contribution in [3.8, 4) is 0 Å². The van der Waals surface area contributed by atoms with Crippen LogP contribution in [-0.2, 0) is 4.79 Å². The minimum absolute atomic E-state index is 0.0630. The summed E-state index contributed by atoms with van der Waals surface area (Å²) in [5, 5.41) is 5.17. The van der Waals surface area contributed by atoms with E-state index in [0.717, 1.165) is 48.6 Å². The molecule has 1 saturated carbocycles. The number of amides is 1. The number of rotatable bonds is 6. The third kappa shape index (κ3) is 4.20. The van der Waals surface area contributed by atoms with E-state index in [9.17, 15) is 4.79 Å². The summed E-state index contributed by atoms with van der Waals surface area (Å²) in [4.78, 5) is 19.7. The molecule has 1 aromatic heterocycles. The number of nitrogens with zero attached hydrogens (tertiary/aromatic N) is 1. The molecule has 1 fully saturated rings. The summed E-state index contributed by atoms with van der Waals surface area (Å²) < 4.78 is 0. The van der Waals surface area contributed by atoms with Crippen LogP contribution in [0.3, 0.4) is 0 Å². The molecule has 5 heteroatoms. The highest BCUT2D eigenvalue weighted by Crippen LogP contribution is 2.33. The van der Waals surface area contributed by atoms with Gasteiger partial charge in [0.2, 0.25) is 5.91 Å². The van der Waals surface area contributed by atoms with Crippen molar-refractivity contribution in [3.63, 3.8) is 0 Å². The molecule has 1 amide bonds. The average molecular weight is 358 g/mol. The lowest BCUT2D eigenvalue weighted by molar-refractivity contribution is -0.121. The van der Waals surface area contributed by atoms with Crippen LogP contribution in [0.15, 0.2) is 49.3 Å². The predicted molar refractivity (Wildman–Crippen MR) is 103 cm³/mol. The van der Waals surface area contributed by atoms with Crippen molar-refractivity contribution >= 4 is 34.1 Å². The van der Waals surface area contributed by atoms with Gasteiger partial charge < -0.3 is 5.32 Å². The van der Waals surface area contributed by atoms with Crippen molar-refractivity contribution < 1.29 is 4.79 Å². The molecule has 1 heterocycles. The smallest absolute Gasteiger partial charge is 0.227 e.